The van der Waals surface area contributed by atoms with Gasteiger partial charge in [0.15, 0.2) is 5.78 Å². The van der Waals surface area contributed by atoms with Crippen molar-refractivity contribution in [3.05, 3.63) is 75.6 Å². The number of aryl methyl sites for hydroxylation is 1. The number of fused-ring (bicyclic) bond motifs is 2. The quantitative estimate of drug-likeness (QED) is 0.594. The molecule has 2 aromatic carbocycles. The molecule has 4 heteroatoms. The largest absolute Gasteiger partial charge is 0.289 e. The molecule has 0 radical (unpaired) electrons. The summed E-state index contributed by atoms with van der Waals surface area (Å²) in [5, 5.41) is 18.4. The third-order valence-electron chi connectivity index (χ3n) is 3.75. The van der Waals surface area contributed by atoms with E-state index in [2.05, 4.69) is 0 Å². The topological polar surface area (TPSA) is 64.7 Å². The van der Waals surface area contributed by atoms with Gasteiger partial charge in [-0.25, -0.2) is 4.39 Å². The summed E-state index contributed by atoms with van der Waals surface area (Å²) in [7, 11) is 0. The molecule has 0 heterocycles. The average molecular weight is 288 g/mol. The number of rotatable bonds is 0. The van der Waals surface area contributed by atoms with E-state index in [1.165, 1.54) is 12.1 Å². The molecular weight excluding hydrogens is 279 g/mol. The Bertz CT molecular complexity index is 927. The number of allylic oxidation sites excluding steroid dienone is 1. The number of benzene rings is 2. The van der Waals surface area contributed by atoms with Gasteiger partial charge in [-0.15, -0.1) is 0 Å². The van der Waals surface area contributed by atoms with Crippen LogP contribution in [0.5, 0.6) is 0 Å². The highest BCUT2D eigenvalue weighted by molar-refractivity contribution is 6.20. The van der Waals surface area contributed by atoms with Gasteiger partial charge in [0.05, 0.1) is 0 Å². The molecule has 104 valence electrons. The molecule has 1 aliphatic carbocycles. The maximum atomic E-state index is 14.4. The standard InChI is InChI=1S/C18H9FN2O/c1-10-6-7-14(19)17-15(10)18(22)13-5-3-2-4-12(13)16(17)11(8-20)9-21/h2-7H,1H3. The van der Waals surface area contributed by atoms with Crippen LogP contribution in [0.1, 0.15) is 32.6 Å². The van der Waals surface area contributed by atoms with Crippen LogP contribution in [0.15, 0.2) is 42.0 Å². The Hall–Kier alpha value is -3.24. The van der Waals surface area contributed by atoms with Crippen LogP contribution in [-0.2, 0) is 0 Å². The lowest BCUT2D eigenvalue weighted by molar-refractivity contribution is 0.103. The van der Waals surface area contributed by atoms with Gasteiger partial charge in [0.25, 0.3) is 0 Å². The van der Waals surface area contributed by atoms with Crippen molar-refractivity contribution >= 4 is 11.4 Å². The normalized spacial score (nSPS) is 12.0. The highest BCUT2D eigenvalue weighted by Crippen LogP contribution is 2.40. The summed E-state index contributed by atoms with van der Waals surface area (Å²) >= 11 is 0. The van der Waals surface area contributed by atoms with Crippen LogP contribution >= 0.6 is 0 Å². The van der Waals surface area contributed by atoms with Gasteiger partial charge in [-0.1, -0.05) is 30.3 Å². The number of carbonyl (C=O) groups excluding carboxylic acids is 1. The van der Waals surface area contributed by atoms with Gasteiger partial charge in [0, 0.05) is 22.3 Å². The molecule has 0 N–H and O–H groups in total. The van der Waals surface area contributed by atoms with Gasteiger partial charge in [0.1, 0.15) is 23.5 Å². The number of carbonyl (C=O) groups is 1. The Kier molecular flexibility index (Phi) is 3.09. The summed E-state index contributed by atoms with van der Waals surface area (Å²) in [5.74, 6) is -0.900. The second-order valence-corrected chi connectivity index (χ2v) is 4.96. The van der Waals surface area contributed by atoms with Gasteiger partial charge in [-0.3, -0.25) is 4.79 Å². The van der Waals surface area contributed by atoms with Gasteiger partial charge in [-0.2, -0.15) is 10.5 Å². The Morgan fingerprint density at radius 1 is 1.00 bits per heavy atom. The van der Waals surface area contributed by atoms with Gasteiger partial charge in [0.2, 0.25) is 0 Å². The van der Waals surface area contributed by atoms with E-state index in [9.17, 15) is 19.7 Å². The monoisotopic (exact) mass is 288 g/mol. The molecule has 22 heavy (non-hydrogen) atoms. The van der Waals surface area contributed by atoms with Crippen LogP contribution in [0, 0.1) is 35.4 Å². The number of hydrogen-bond acceptors (Lipinski definition) is 3. The van der Waals surface area contributed by atoms with Crippen LogP contribution in [0.4, 0.5) is 4.39 Å². The highest BCUT2D eigenvalue weighted by atomic mass is 19.1. The second-order valence-electron chi connectivity index (χ2n) is 4.96. The molecule has 0 fully saturated rings. The fourth-order valence-corrected chi connectivity index (χ4v) is 2.78. The molecule has 3 nitrogen and oxygen atoms in total. The number of halogens is 1. The third-order valence-corrected chi connectivity index (χ3v) is 3.75. The minimum Gasteiger partial charge on any atom is -0.289 e. The summed E-state index contributed by atoms with van der Waals surface area (Å²) in [6, 6.07) is 13.0. The van der Waals surface area contributed by atoms with Crippen molar-refractivity contribution in [1.29, 1.82) is 10.5 Å². The fraction of sp³-hybridized carbons (Fsp3) is 0.0556. The molecule has 0 unspecified atom stereocenters. The summed E-state index contributed by atoms with van der Waals surface area (Å²) in [5.41, 5.74) is 1.66. The molecule has 0 aliphatic heterocycles. The van der Waals surface area contributed by atoms with E-state index in [1.54, 1.807) is 43.3 Å². The lowest BCUT2D eigenvalue weighted by Gasteiger charge is -2.23. The van der Waals surface area contributed by atoms with Crippen LogP contribution in [0.25, 0.3) is 5.57 Å². The molecule has 1 aliphatic rings. The number of ketones is 1. The maximum Gasteiger partial charge on any atom is 0.194 e. The molecule has 0 spiro atoms. The van der Waals surface area contributed by atoms with Crippen LogP contribution in [0.3, 0.4) is 0 Å². The molecule has 0 saturated carbocycles. The number of nitrogens with zero attached hydrogens (tertiary/aromatic N) is 2. The van der Waals surface area contributed by atoms with Crippen molar-refractivity contribution in [2.45, 2.75) is 6.92 Å². The molecule has 0 saturated heterocycles. The number of hydrogen-bond donors (Lipinski definition) is 0. The summed E-state index contributed by atoms with van der Waals surface area (Å²) in [6.45, 7) is 1.71. The molecule has 0 aromatic heterocycles. The zero-order chi connectivity index (χ0) is 15.9. The van der Waals surface area contributed by atoms with Crippen molar-refractivity contribution in [3.63, 3.8) is 0 Å². The zero-order valence-corrected chi connectivity index (χ0v) is 11.6. The summed E-state index contributed by atoms with van der Waals surface area (Å²) in [6.07, 6.45) is 0. The Balaban J connectivity index is 2.56. The molecule has 0 amide bonds. The molecular formula is C18H9FN2O. The first-order chi connectivity index (χ1) is 10.6. The molecule has 0 bridgehead atoms. The smallest absolute Gasteiger partial charge is 0.194 e. The zero-order valence-electron chi connectivity index (χ0n) is 11.6. The van der Waals surface area contributed by atoms with E-state index in [-0.39, 0.29) is 28.1 Å². The van der Waals surface area contributed by atoms with Crippen LogP contribution in [-0.4, -0.2) is 5.78 Å². The summed E-state index contributed by atoms with van der Waals surface area (Å²) < 4.78 is 14.4. The predicted octanol–water partition coefficient (Wildman–Crippen LogP) is 3.53. The lowest BCUT2D eigenvalue weighted by Crippen LogP contribution is -2.18. The fourth-order valence-electron chi connectivity index (χ4n) is 2.78. The summed E-state index contributed by atoms with van der Waals surface area (Å²) in [4.78, 5) is 12.7. The Morgan fingerprint density at radius 3 is 2.27 bits per heavy atom. The van der Waals surface area contributed by atoms with Crippen molar-refractivity contribution in [2.24, 2.45) is 0 Å². The van der Waals surface area contributed by atoms with E-state index in [0.29, 0.717) is 16.7 Å². The van der Waals surface area contributed by atoms with E-state index >= 15 is 0 Å². The Labute approximate surface area is 126 Å². The van der Waals surface area contributed by atoms with E-state index in [4.69, 9.17) is 0 Å². The molecule has 2 aromatic rings. The minimum absolute atomic E-state index is 0.0433. The van der Waals surface area contributed by atoms with Crippen LogP contribution < -0.4 is 0 Å². The Morgan fingerprint density at radius 2 is 1.64 bits per heavy atom. The highest BCUT2D eigenvalue weighted by Gasteiger charge is 2.32. The van der Waals surface area contributed by atoms with E-state index in [0.717, 1.165) is 0 Å². The molecule has 0 atom stereocenters. The van der Waals surface area contributed by atoms with Gasteiger partial charge >= 0.3 is 0 Å². The maximum absolute atomic E-state index is 14.4. The minimum atomic E-state index is -0.610. The van der Waals surface area contributed by atoms with Crippen molar-refractivity contribution in [3.8, 4) is 12.1 Å². The van der Waals surface area contributed by atoms with Crippen molar-refractivity contribution in [2.75, 3.05) is 0 Å². The SMILES string of the molecule is Cc1ccc(F)c2c1C(=O)c1ccccc1C2=C(C#N)C#N. The first kappa shape index (κ1) is 13.7. The second kappa shape index (κ2) is 4.95. The first-order valence-corrected chi connectivity index (χ1v) is 6.58. The van der Waals surface area contributed by atoms with E-state index < -0.39 is 5.82 Å². The first-order valence-electron chi connectivity index (χ1n) is 6.58. The van der Waals surface area contributed by atoms with Gasteiger partial charge < -0.3 is 0 Å². The lowest BCUT2D eigenvalue weighted by atomic mass is 9.78. The number of nitriles is 2. The van der Waals surface area contributed by atoms with Crippen molar-refractivity contribution < 1.29 is 9.18 Å². The third kappa shape index (κ3) is 1.75. The van der Waals surface area contributed by atoms with Crippen LogP contribution in [0.2, 0.25) is 0 Å². The van der Waals surface area contributed by atoms with E-state index in [1.807, 2.05) is 0 Å². The van der Waals surface area contributed by atoms with Crippen molar-refractivity contribution in [1.82, 2.24) is 0 Å². The average Bonchev–Trinajstić information content (AvgIpc) is 2.54. The molecule has 3 rings (SSSR count). The predicted molar refractivity (Wildman–Crippen MR) is 78.3 cm³/mol. The van der Waals surface area contributed by atoms with Gasteiger partial charge in [-0.05, 0) is 24.1 Å².